The fourth-order valence-electron chi connectivity index (χ4n) is 2.31. The van der Waals surface area contributed by atoms with Crippen LogP contribution in [-0.4, -0.2) is 17.3 Å². The second kappa shape index (κ2) is 5.59. The van der Waals surface area contributed by atoms with E-state index < -0.39 is 17.8 Å². The van der Waals surface area contributed by atoms with Crippen molar-refractivity contribution in [3.8, 4) is 0 Å². The molecule has 1 aliphatic heterocycles. The minimum Gasteiger partial charge on any atom is -0.478 e. The molecule has 0 radical (unpaired) electrons. The first-order chi connectivity index (χ1) is 11.3. The van der Waals surface area contributed by atoms with Crippen LogP contribution in [0.4, 0.5) is 13.2 Å². The third-order valence-corrected chi connectivity index (χ3v) is 3.63. The molecule has 0 aromatic heterocycles. The second-order valence-electron chi connectivity index (χ2n) is 5.22. The molecule has 0 aliphatic carbocycles. The number of hydrogen-bond donors (Lipinski definition) is 1. The minimum atomic E-state index is -4.72. The highest BCUT2D eigenvalue weighted by Gasteiger charge is 2.65. The first-order valence-electron chi connectivity index (χ1n) is 6.95. The van der Waals surface area contributed by atoms with Crippen molar-refractivity contribution in [3.63, 3.8) is 0 Å². The van der Waals surface area contributed by atoms with E-state index in [0.717, 1.165) is 11.6 Å². The number of aromatic carboxylic acids is 1. The summed E-state index contributed by atoms with van der Waals surface area (Å²) in [7, 11) is 0. The van der Waals surface area contributed by atoms with Crippen molar-refractivity contribution in [1.82, 2.24) is 0 Å². The molecular weight excluding hydrogens is 321 g/mol. The van der Waals surface area contributed by atoms with E-state index >= 15 is 0 Å². The van der Waals surface area contributed by atoms with Crippen LogP contribution in [0.1, 0.15) is 27.0 Å². The van der Waals surface area contributed by atoms with Gasteiger partial charge in [-0.25, -0.2) is 4.79 Å². The average Bonchev–Trinajstić information content (AvgIpc) is 3.35. The zero-order valence-corrected chi connectivity index (χ0v) is 12.2. The van der Waals surface area contributed by atoms with E-state index in [4.69, 9.17) is 5.11 Å². The van der Waals surface area contributed by atoms with E-state index in [-0.39, 0.29) is 16.7 Å². The van der Waals surface area contributed by atoms with Gasteiger partial charge < -0.3 is 5.11 Å². The highest BCUT2D eigenvalue weighted by Crippen LogP contribution is 2.53. The molecule has 0 bridgehead atoms. The average molecular weight is 332 g/mol. The summed E-state index contributed by atoms with van der Waals surface area (Å²) in [6, 6.07) is 12.6. The number of carboxylic acids is 1. The number of alkyl halides is 3. The molecule has 0 unspecified atom stereocenters. The summed E-state index contributed by atoms with van der Waals surface area (Å²) in [6.45, 7) is 0. The Morgan fingerprint density at radius 2 is 1.71 bits per heavy atom. The predicted octanol–water partition coefficient (Wildman–Crippen LogP) is 4.74. The molecule has 122 valence electrons. The van der Waals surface area contributed by atoms with Gasteiger partial charge in [0.05, 0.1) is 5.56 Å². The van der Waals surface area contributed by atoms with Crippen LogP contribution in [-0.2, 0) is 5.66 Å². The van der Waals surface area contributed by atoms with Crippen LogP contribution in [0.25, 0.3) is 12.2 Å². The first-order valence-corrected chi connectivity index (χ1v) is 6.95. The van der Waals surface area contributed by atoms with Gasteiger partial charge in [-0.05, 0) is 23.3 Å². The zero-order valence-electron chi connectivity index (χ0n) is 12.2. The monoisotopic (exact) mass is 332 g/mol. The van der Waals surface area contributed by atoms with Gasteiger partial charge in [0.1, 0.15) is 0 Å². The van der Waals surface area contributed by atoms with Crippen LogP contribution in [0.5, 0.6) is 0 Å². The lowest BCUT2D eigenvalue weighted by Crippen LogP contribution is -2.31. The molecule has 0 saturated carbocycles. The lowest BCUT2D eigenvalue weighted by Gasteiger charge is -2.17. The maximum absolute atomic E-state index is 13.3. The topological polar surface area (TPSA) is 62.0 Å². The summed E-state index contributed by atoms with van der Waals surface area (Å²) in [5, 5.41) is 15.4. The molecule has 1 aliphatic rings. The molecule has 7 heteroatoms. The Morgan fingerprint density at radius 1 is 1.04 bits per heavy atom. The van der Waals surface area contributed by atoms with Crippen molar-refractivity contribution in [1.29, 1.82) is 0 Å². The van der Waals surface area contributed by atoms with Gasteiger partial charge in [-0.3, -0.25) is 0 Å². The van der Waals surface area contributed by atoms with Crippen molar-refractivity contribution in [2.24, 2.45) is 10.2 Å². The van der Waals surface area contributed by atoms with Gasteiger partial charge in [0.15, 0.2) is 0 Å². The van der Waals surface area contributed by atoms with Crippen molar-refractivity contribution in [3.05, 3.63) is 70.8 Å². The third-order valence-electron chi connectivity index (χ3n) is 3.63. The van der Waals surface area contributed by atoms with E-state index in [1.807, 2.05) is 6.07 Å². The Balaban J connectivity index is 2.07. The lowest BCUT2D eigenvalue weighted by molar-refractivity contribution is -0.166. The van der Waals surface area contributed by atoms with Crippen molar-refractivity contribution in [2.45, 2.75) is 11.8 Å². The van der Waals surface area contributed by atoms with Crippen molar-refractivity contribution >= 4 is 18.1 Å². The molecular formula is C17H11F3N2O2. The summed E-state index contributed by atoms with van der Waals surface area (Å²) in [6.07, 6.45) is -1.58. The second-order valence-corrected chi connectivity index (χ2v) is 5.22. The standard InChI is InChI=1S/C17H11F3N2O2/c18-17(19,20)16(21-22-16)14-10-13(15(23)24)9-8-12(14)7-6-11-4-2-1-3-5-11/h1-10H,(H,23,24)/b7-6+. The molecule has 0 atom stereocenters. The Hall–Kier alpha value is -2.96. The Bertz CT molecular complexity index is 837. The van der Waals surface area contributed by atoms with Gasteiger partial charge in [0.25, 0.3) is 0 Å². The fourth-order valence-corrected chi connectivity index (χ4v) is 2.31. The Kier molecular flexibility index (Phi) is 3.71. The van der Waals surface area contributed by atoms with E-state index in [9.17, 15) is 18.0 Å². The van der Waals surface area contributed by atoms with Crippen molar-refractivity contribution in [2.75, 3.05) is 0 Å². The van der Waals surface area contributed by atoms with Crippen molar-refractivity contribution < 1.29 is 23.1 Å². The molecule has 3 rings (SSSR count). The number of benzene rings is 2. The molecule has 0 amide bonds. The van der Waals surface area contributed by atoms with Gasteiger partial charge in [-0.2, -0.15) is 13.2 Å². The Labute approximate surface area is 135 Å². The van der Waals surface area contributed by atoms with Gasteiger partial charge in [-0.1, -0.05) is 48.6 Å². The van der Waals surface area contributed by atoms with Gasteiger partial charge >= 0.3 is 17.8 Å². The maximum atomic E-state index is 13.3. The molecule has 0 spiro atoms. The minimum absolute atomic E-state index is 0.214. The quantitative estimate of drug-likeness (QED) is 0.822. The number of halogens is 3. The number of nitrogens with zero attached hydrogens (tertiary/aromatic N) is 2. The molecule has 0 saturated heterocycles. The van der Waals surface area contributed by atoms with E-state index in [1.165, 1.54) is 18.2 Å². The molecule has 2 aromatic carbocycles. The zero-order chi connectivity index (χ0) is 17.4. The van der Waals surface area contributed by atoms with Crippen LogP contribution in [0.2, 0.25) is 0 Å². The molecule has 4 nitrogen and oxygen atoms in total. The number of carbonyl (C=O) groups is 1. The summed E-state index contributed by atoms with van der Waals surface area (Å²) in [5.41, 5.74) is -2.19. The van der Waals surface area contributed by atoms with Gasteiger partial charge in [-0.15, -0.1) is 10.2 Å². The fraction of sp³-hybridized carbons (Fsp3) is 0.118. The lowest BCUT2D eigenvalue weighted by atomic mass is 9.94. The summed E-state index contributed by atoms with van der Waals surface area (Å²) in [5.74, 6) is -1.31. The van der Waals surface area contributed by atoms with Crippen LogP contribution >= 0.6 is 0 Å². The number of hydrogen-bond acceptors (Lipinski definition) is 3. The number of rotatable bonds is 4. The maximum Gasteiger partial charge on any atom is 0.442 e. The molecule has 1 N–H and O–H groups in total. The normalized spacial score (nSPS) is 15.6. The highest BCUT2D eigenvalue weighted by atomic mass is 19.4. The van der Waals surface area contributed by atoms with Crippen LogP contribution in [0, 0.1) is 0 Å². The van der Waals surface area contributed by atoms with E-state index in [1.54, 1.807) is 30.3 Å². The molecule has 2 aromatic rings. The third kappa shape index (κ3) is 2.80. The largest absolute Gasteiger partial charge is 0.478 e. The summed E-state index contributed by atoms with van der Waals surface area (Å²) >= 11 is 0. The summed E-state index contributed by atoms with van der Waals surface area (Å²) in [4.78, 5) is 11.1. The Morgan fingerprint density at radius 3 is 2.25 bits per heavy atom. The van der Waals surface area contributed by atoms with E-state index in [0.29, 0.717) is 0 Å². The smallest absolute Gasteiger partial charge is 0.442 e. The predicted molar refractivity (Wildman–Crippen MR) is 81.4 cm³/mol. The number of carboxylic acid groups (broad SMARTS) is 1. The van der Waals surface area contributed by atoms with Crippen LogP contribution in [0.3, 0.4) is 0 Å². The molecule has 0 fully saturated rings. The summed E-state index contributed by atoms with van der Waals surface area (Å²) < 4.78 is 39.9. The highest BCUT2D eigenvalue weighted by molar-refractivity contribution is 5.89. The van der Waals surface area contributed by atoms with Crippen LogP contribution in [0.15, 0.2) is 58.8 Å². The SMILES string of the molecule is O=C(O)c1ccc(/C=C/c2ccccc2)c(C2(C(F)(F)F)N=N2)c1. The molecule has 24 heavy (non-hydrogen) atoms. The molecule has 1 heterocycles. The van der Waals surface area contributed by atoms with Gasteiger partial charge in [0.2, 0.25) is 0 Å². The van der Waals surface area contributed by atoms with E-state index in [2.05, 4.69) is 10.2 Å². The van der Waals surface area contributed by atoms with Gasteiger partial charge in [0, 0.05) is 5.56 Å². The first kappa shape index (κ1) is 15.9. The van der Waals surface area contributed by atoms with Crippen LogP contribution < -0.4 is 0 Å².